The van der Waals surface area contributed by atoms with E-state index in [1.54, 1.807) is 35.6 Å². The molecular formula is C28H19F5N8O. The van der Waals surface area contributed by atoms with Gasteiger partial charge < -0.3 is 9.30 Å². The summed E-state index contributed by atoms with van der Waals surface area (Å²) in [4.78, 5) is 12.4. The number of rotatable bonds is 8. The molecule has 0 aliphatic carbocycles. The molecule has 0 bridgehead atoms. The highest BCUT2D eigenvalue weighted by atomic mass is 19.4. The van der Waals surface area contributed by atoms with Crippen LogP contribution in [0.15, 0.2) is 79.6 Å². The fourth-order valence-corrected chi connectivity index (χ4v) is 4.26. The van der Waals surface area contributed by atoms with Crippen molar-refractivity contribution in [1.29, 1.82) is 0 Å². The van der Waals surface area contributed by atoms with Crippen molar-refractivity contribution in [2.24, 2.45) is 0 Å². The summed E-state index contributed by atoms with van der Waals surface area (Å²) in [5.74, 6) is -1.97. The molecule has 14 heteroatoms. The Morgan fingerprint density at radius 2 is 1.74 bits per heavy atom. The van der Waals surface area contributed by atoms with Gasteiger partial charge in [-0.15, -0.1) is 0 Å². The molecule has 4 aromatic rings. The molecular weight excluding hydrogens is 559 g/mol. The maximum absolute atomic E-state index is 14.2. The van der Waals surface area contributed by atoms with E-state index in [-0.39, 0.29) is 41.5 Å². The molecule has 0 spiro atoms. The molecule has 2 aromatic carbocycles. The van der Waals surface area contributed by atoms with Gasteiger partial charge in [0.05, 0.1) is 54.3 Å². The zero-order valence-corrected chi connectivity index (χ0v) is 21.5. The lowest BCUT2D eigenvalue weighted by Crippen LogP contribution is -2.11. The highest BCUT2D eigenvalue weighted by molar-refractivity contribution is 5.66. The van der Waals surface area contributed by atoms with Crippen LogP contribution < -0.4 is 4.74 Å². The van der Waals surface area contributed by atoms with Crippen molar-refractivity contribution in [3.63, 3.8) is 0 Å². The first kappa shape index (κ1) is 26.9. The number of benzene rings is 2. The van der Waals surface area contributed by atoms with E-state index in [1.807, 2.05) is 0 Å². The summed E-state index contributed by atoms with van der Waals surface area (Å²) in [5.41, 5.74) is 0.0982. The van der Waals surface area contributed by atoms with Crippen LogP contribution in [0.2, 0.25) is 0 Å². The maximum Gasteiger partial charge on any atom is 0.417 e. The van der Waals surface area contributed by atoms with Crippen molar-refractivity contribution in [1.82, 2.24) is 39.5 Å². The van der Waals surface area contributed by atoms with Crippen LogP contribution in [0.4, 0.5) is 22.0 Å². The van der Waals surface area contributed by atoms with E-state index in [0.717, 1.165) is 12.1 Å². The molecule has 6 rings (SSSR count). The number of ether oxygens (including phenoxy) is 1. The number of alkyl halides is 3. The Labute approximate surface area is 234 Å². The van der Waals surface area contributed by atoms with Gasteiger partial charge in [-0.2, -0.15) is 28.5 Å². The van der Waals surface area contributed by atoms with E-state index in [9.17, 15) is 22.0 Å². The second kappa shape index (κ2) is 11.0. The maximum atomic E-state index is 14.2. The topological polar surface area (TPSA) is 96.4 Å². The van der Waals surface area contributed by atoms with Gasteiger partial charge >= 0.3 is 6.18 Å². The monoisotopic (exact) mass is 578 g/mol. The Balaban J connectivity index is 1.19. The number of halogens is 5. The summed E-state index contributed by atoms with van der Waals surface area (Å²) in [5, 5.41) is 12.3. The first-order valence-electron chi connectivity index (χ1n) is 12.5. The fraction of sp³-hybridized carbons (Fsp3) is 0.143. The quantitative estimate of drug-likeness (QED) is 0.219. The normalized spacial score (nSPS) is 11.7. The Kier molecular flexibility index (Phi) is 7.02. The lowest BCUT2D eigenvalue weighted by Gasteiger charge is -2.15. The molecule has 0 N–H and O–H groups in total. The molecule has 0 unspecified atom stereocenters. The molecule has 0 amide bonds. The van der Waals surface area contributed by atoms with Crippen LogP contribution in [0.25, 0.3) is 34.0 Å². The summed E-state index contributed by atoms with van der Waals surface area (Å²) < 4.78 is 78.3. The van der Waals surface area contributed by atoms with E-state index in [2.05, 4.69) is 30.2 Å². The van der Waals surface area contributed by atoms with Gasteiger partial charge in [0.2, 0.25) is 0 Å². The van der Waals surface area contributed by atoms with Gasteiger partial charge in [-0.25, -0.2) is 23.7 Å². The second-order valence-corrected chi connectivity index (χ2v) is 9.15. The van der Waals surface area contributed by atoms with Gasteiger partial charge in [0.25, 0.3) is 0 Å². The molecule has 4 heterocycles. The van der Waals surface area contributed by atoms with Gasteiger partial charge in [-0.1, -0.05) is 6.07 Å². The molecule has 0 fully saturated rings. The summed E-state index contributed by atoms with van der Waals surface area (Å²) in [7, 11) is 0. The third kappa shape index (κ3) is 5.64. The van der Waals surface area contributed by atoms with Crippen molar-refractivity contribution >= 4 is 0 Å². The Morgan fingerprint density at radius 1 is 0.881 bits per heavy atom. The summed E-state index contributed by atoms with van der Waals surface area (Å²) in [6.45, 7) is 0.717. The molecule has 9 nitrogen and oxygen atoms in total. The molecule has 2 aromatic heterocycles. The average Bonchev–Trinajstić information content (AvgIpc) is 3.64. The molecule has 212 valence electrons. The van der Waals surface area contributed by atoms with Crippen LogP contribution >= 0.6 is 0 Å². The summed E-state index contributed by atoms with van der Waals surface area (Å²) in [6.07, 6.45) is 3.23. The third-order valence-electron chi connectivity index (χ3n) is 6.30. The van der Waals surface area contributed by atoms with Gasteiger partial charge in [-0.3, -0.25) is 4.68 Å². The van der Waals surface area contributed by atoms with E-state index in [4.69, 9.17) is 4.74 Å². The molecule has 42 heavy (non-hydrogen) atoms. The van der Waals surface area contributed by atoms with Crippen LogP contribution in [-0.2, 0) is 19.3 Å². The minimum Gasteiger partial charge on any atom is -0.492 e. The Bertz CT molecular complexity index is 1800. The van der Waals surface area contributed by atoms with Crippen LogP contribution in [0.5, 0.6) is 5.75 Å². The number of fused-ring (bicyclic) bond motifs is 1. The van der Waals surface area contributed by atoms with Gasteiger partial charge in [0.1, 0.15) is 23.7 Å². The molecule has 0 saturated heterocycles. The fourth-order valence-electron chi connectivity index (χ4n) is 4.26. The highest BCUT2D eigenvalue weighted by Crippen LogP contribution is 2.38. The minimum absolute atomic E-state index is 0.0146. The lowest BCUT2D eigenvalue weighted by atomic mass is 10.0. The highest BCUT2D eigenvalue weighted by Gasteiger charge is 2.34. The van der Waals surface area contributed by atoms with Crippen LogP contribution in [0, 0.1) is 11.6 Å². The Hall–Kier alpha value is -5.27. The molecule has 2 aliphatic heterocycles. The number of aromatic nitrogens is 8. The number of nitrogens with zero attached hydrogens (tertiary/aromatic N) is 8. The predicted molar refractivity (Wildman–Crippen MR) is 139 cm³/mol. The number of hydrogen-bond donors (Lipinski definition) is 0. The van der Waals surface area contributed by atoms with E-state index in [1.165, 1.54) is 41.2 Å². The van der Waals surface area contributed by atoms with Crippen molar-refractivity contribution in [3.8, 4) is 39.8 Å². The standard InChI is InChI=1S/C28H19F5N8O/c29-22-3-1-2-20(26(22)30)27-36-24-13-35-41(15-25(24)37-27)14-17-4-7-23(39-38-17)19-6-5-18(12-21(19)28(31,32)33)42-11-10-40-9-8-34-16-40/h1-9,12-13,15-16H,10-11,14H2. The van der Waals surface area contributed by atoms with Crippen LogP contribution in [0.3, 0.4) is 0 Å². The molecule has 0 atom stereocenters. The van der Waals surface area contributed by atoms with Crippen molar-refractivity contribution in [2.45, 2.75) is 19.3 Å². The SMILES string of the molecule is Fc1cccc(-c2nc3cnn(Cc4ccc(-c5ccc(OCCn6ccnc6)cc5C(F)(F)F)nn4)cc-3n2)c1F. The zero-order chi connectivity index (χ0) is 29.3. The van der Waals surface area contributed by atoms with Crippen LogP contribution in [-0.4, -0.2) is 46.1 Å². The molecule has 0 radical (unpaired) electrons. The lowest BCUT2D eigenvalue weighted by molar-refractivity contribution is -0.137. The number of imidazole rings is 2. The largest absolute Gasteiger partial charge is 0.492 e. The first-order valence-corrected chi connectivity index (χ1v) is 12.5. The smallest absolute Gasteiger partial charge is 0.417 e. The zero-order valence-electron chi connectivity index (χ0n) is 21.5. The summed E-state index contributed by atoms with van der Waals surface area (Å²) in [6, 6.07) is 10.4. The van der Waals surface area contributed by atoms with Crippen molar-refractivity contribution in [3.05, 3.63) is 103 Å². The molecule has 0 saturated carbocycles. The van der Waals surface area contributed by atoms with E-state index in [0.29, 0.717) is 23.6 Å². The second-order valence-electron chi connectivity index (χ2n) is 9.15. The molecule has 2 aliphatic rings. The predicted octanol–water partition coefficient (Wildman–Crippen LogP) is 5.52. The average molecular weight is 579 g/mol. The number of hydrogen-bond acceptors (Lipinski definition) is 7. The van der Waals surface area contributed by atoms with Crippen molar-refractivity contribution < 1.29 is 26.7 Å². The minimum atomic E-state index is -4.65. The van der Waals surface area contributed by atoms with E-state index >= 15 is 0 Å². The van der Waals surface area contributed by atoms with E-state index < -0.39 is 23.4 Å². The summed E-state index contributed by atoms with van der Waals surface area (Å²) >= 11 is 0. The Morgan fingerprint density at radius 3 is 2.50 bits per heavy atom. The van der Waals surface area contributed by atoms with Crippen LogP contribution in [0.1, 0.15) is 11.3 Å². The van der Waals surface area contributed by atoms with Crippen molar-refractivity contribution in [2.75, 3.05) is 6.61 Å². The van der Waals surface area contributed by atoms with Gasteiger partial charge in [-0.05, 0) is 42.5 Å². The van der Waals surface area contributed by atoms with Gasteiger partial charge in [0, 0.05) is 18.0 Å². The van der Waals surface area contributed by atoms with Gasteiger partial charge in [0.15, 0.2) is 17.5 Å². The first-order chi connectivity index (χ1) is 20.2. The third-order valence-corrected chi connectivity index (χ3v) is 6.30.